The van der Waals surface area contributed by atoms with E-state index in [-0.39, 0.29) is 14.2 Å². The van der Waals surface area contributed by atoms with E-state index in [9.17, 15) is 18.5 Å². The molecule has 8 nitrogen and oxygen atoms in total. The molecular formula is C8H7ClN4O4S2. The molecule has 102 valence electrons. The lowest BCUT2D eigenvalue weighted by Gasteiger charge is -2.01. The van der Waals surface area contributed by atoms with Crippen molar-refractivity contribution in [2.45, 2.75) is 4.21 Å². The van der Waals surface area contributed by atoms with Gasteiger partial charge in [0.25, 0.3) is 15.7 Å². The molecule has 2 heterocycles. The lowest BCUT2D eigenvalue weighted by Crippen LogP contribution is -2.10. The Morgan fingerprint density at radius 2 is 2.26 bits per heavy atom. The quantitative estimate of drug-likeness (QED) is 0.682. The van der Waals surface area contributed by atoms with Crippen LogP contribution in [0.1, 0.15) is 0 Å². The molecule has 0 unspecified atom stereocenters. The number of thiophene rings is 1. The fraction of sp³-hybridized carbons (Fsp3) is 0.125. The summed E-state index contributed by atoms with van der Waals surface area (Å²) in [6.07, 6.45) is 2.78. The van der Waals surface area contributed by atoms with Gasteiger partial charge in [0.1, 0.15) is 4.21 Å². The highest BCUT2D eigenvalue weighted by atomic mass is 35.5. The van der Waals surface area contributed by atoms with Gasteiger partial charge in [-0.2, -0.15) is 5.10 Å². The summed E-state index contributed by atoms with van der Waals surface area (Å²) < 4.78 is 27.2. The Bertz CT molecular complexity index is 736. The number of aromatic nitrogens is 2. The molecule has 0 bridgehead atoms. The van der Waals surface area contributed by atoms with E-state index in [1.165, 1.54) is 17.1 Å². The number of nitro groups is 1. The average Bonchev–Trinajstić information content (AvgIpc) is 2.84. The van der Waals surface area contributed by atoms with Crippen molar-refractivity contribution >= 4 is 44.3 Å². The van der Waals surface area contributed by atoms with Crippen molar-refractivity contribution in [1.29, 1.82) is 0 Å². The van der Waals surface area contributed by atoms with Crippen molar-refractivity contribution in [1.82, 2.24) is 9.78 Å². The number of hydrogen-bond donors (Lipinski definition) is 1. The highest BCUT2D eigenvalue weighted by molar-refractivity contribution is 7.94. The molecule has 2 rings (SSSR count). The van der Waals surface area contributed by atoms with Crippen LogP contribution in [0.25, 0.3) is 0 Å². The van der Waals surface area contributed by atoms with Crippen LogP contribution in [0.3, 0.4) is 0 Å². The molecule has 11 heteroatoms. The number of nitrogens with zero attached hydrogens (tertiary/aromatic N) is 3. The Balaban J connectivity index is 2.34. The second-order valence-electron chi connectivity index (χ2n) is 3.49. The lowest BCUT2D eigenvalue weighted by molar-refractivity contribution is -0.384. The van der Waals surface area contributed by atoms with Crippen molar-refractivity contribution in [2.24, 2.45) is 7.05 Å². The van der Waals surface area contributed by atoms with Gasteiger partial charge >= 0.3 is 0 Å². The molecular weight excluding hydrogens is 316 g/mol. The predicted octanol–water partition coefficient (Wildman–Crippen LogP) is 1.84. The van der Waals surface area contributed by atoms with Crippen LogP contribution in [0, 0.1) is 10.1 Å². The van der Waals surface area contributed by atoms with E-state index in [1.807, 2.05) is 0 Å². The molecule has 0 aromatic carbocycles. The molecule has 0 atom stereocenters. The number of rotatable bonds is 4. The molecule has 2 aromatic rings. The summed E-state index contributed by atoms with van der Waals surface area (Å²) in [6.45, 7) is 0. The molecule has 0 fully saturated rings. The zero-order valence-corrected chi connectivity index (χ0v) is 11.8. The number of anilines is 1. The molecule has 0 amide bonds. The van der Waals surface area contributed by atoms with Crippen molar-refractivity contribution in [3.8, 4) is 0 Å². The normalized spacial score (nSPS) is 11.5. The van der Waals surface area contributed by atoms with Crippen LogP contribution in [-0.2, 0) is 17.1 Å². The first kappa shape index (κ1) is 13.8. The predicted molar refractivity (Wildman–Crippen MR) is 70.0 cm³/mol. The van der Waals surface area contributed by atoms with Crippen LogP contribution in [0.15, 0.2) is 22.7 Å². The zero-order chi connectivity index (χ0) is 14.2. The molecule has 2 aromatic heterocycles. The maximum absolute atomic E-state index is 12.0. The zero-order valence-electron chi connectivity index (χ0n) is 9.40. The number of hydrogen-bond acceptors (Lipinski definition) is 6. The van der Waals surface area contributed by atoms with Crippen LogP contribution in [0.4, 0.5) is 11.4 Å². The van der Waals surface area contributed by atoms with E-state index < -0.39 is 20.6 Å². The van der Waals surface area contributed by atoms with Crippen LogP contribution >= 0.6 is 22.9 Å². The van der Waals surface area contributed by atoms with Gasteiger partial charge in [-0.1, -0.05) is 11.6 Å². The summed E-state index contributed by atoms with van der Waals surface area (Å²) in [4.78, 5) is 9.89. The first-order valence-corrected chi connectivity index (χ1v) is 7.42. The van der Waals surface area contributed by atoms with Crippen LogP contribution in [0.5, 0.6) is 0 Å². The van der Waals surface area contributed by atoms with Gasteiger partial charge in [0.05, 0.1) is 16.8 Å². The van der Waals surface area contributed by atoms with Gasteiger partial charge in [0.15, 0.2) is 4.34 Å². The molecule has 0 radical (unpaired) electrons. The summed E-state index contributed by atoms with van der Waals surface area (Å²) in [5.41, 5.74) is -0.173. The Morgan fingerprint density at radius 1 is 1.58 bits per heavy atom. The van der Waals surface area contributed by atoms with Crippen LogP contribution in [0.2, 0.25) is 4.34 Å². The van der Waals surface area contributed by atoms with E-state index in [2.05, 4.69) is 9.82 Å². The Morgan fingerprint density at radius 3 is 2.74 bits per heavy atom. The van der Waals surface area contributed by atoms with Gasteiger partial charge < -0.3 is 0 Å². The van der Waals surface area contributed by atoms with Gasteiger partial charge in [-0.3, -0.25) is 19.5 Å². The third-order valence-corrected chi connectivity index (χ3v) is 5.26. The fourth-order valence-corrected chi connectivity index (χ4v) is 3.97. The maximum Gasteiger partial charge on any atom is 0.300 e. The highest BCUT2D eigenvalue weighted by Crippen LogP contribution is 2.36. The van der Waals surface area contributed by atoms with E-state index in [1.54, 1.807) is 7.05 Å². The largest absolute Gasteiger partial charge is 0.300 e. The number of aryl methyl sites for hydroxylation is 1. The second-order valence-corrected chi connectivity index (χ2v) is 7.05. The van der Waals surface area contributed by atoms with E-state index in [4.69, 9.17) is 11.6 Å². The topological polar surface area (TPSA) is 107 Å². The van der Waals surface area contributed by atoms with Crippen LogP contribution in [-0.4, -0.2) is 23.1 Å². The third kappa shape index (κ3) is 2.85. The van der Waals surface area contributed by atoms with E-state index >= 15 is 0 Å². The summed E-state index contributed by atoms with van der Waals surface area (Å²) in [5.74, 6) is 0. The number of nitrogens with one attached hydrogen (secondary N) is 1. The molecule has 0 aliphatic heterocycles. The summed E-state index contributed by atoms with van der Waals surface area (Å²) in [7, 11) is -2.28. The minimum absolute atomic E-state index is 0.184. The smallest absolute Gasteiger partial charge is 0.276 e. The Labute approximate surface area is 116 Å². The minimum Gasteiger partial charge on any atom is -0.276 e. The monoisotopic (exact) mass is 322 g/mol. The molecule has 0 aliphatic rings. The Hall–Kier alpha value is -1.65. The lowest BCUT2D eigenvalue weighted by atomic mass is 10.6. The third-order valence-electron chi connectivity index (χ3n) is 2.06. The average molecular weight is 323 g/mol. The van der Waals surface area contributed by atoms with Crippen molar-refractivity contribution in [3.63, 3.8) is 0 Å². The second kappa shape index (κ2) is 4.79. The summed E-state index contributed by atoms with van der Waals surface area (Å²) >= 11 is 6.24. The van der Waals surface area contributed by atoms with Crippen molar-refractivity contribution < 1.29 is 13.3 Å². The van der Waals surface area contributed by atoms with Gasteiger partial charge in [0, 0.05) is 19.3 Å². The SMILES string of the molecule is Cn1cc(NS(=O)(=O)c2cc([N+](=O)[O-])c(Cl)s2)cn1. The molecule has 1 N–H and O–H groups in total. The first-order chi connectivity index (χ1) is 8.79. The molecule has 0 spiro atoms. The number of sulfonamides is 1. The summed E-state index contributed by atoms with van der Waals surface area (Å²) in [6, 6.07) is 0.922. The van der Waals surface area contributed by atoms with Gasteiger partial charge in [-0.05, 0) is 0 Å². The molecule has 0 saturated carbocycles. The Kier molecular flexibility index (Phi) is 3.47. The van der Waals surface area contributed by atoms with Crippen molar-refractivity contribution in [3.05, 3.63) is 32.9 Å². The first-order valence-electron chi connectivity index (χ1n) is 4.75. The molecule has 19 heavy (non-hydrogen) atoms. The van der Waals surface area contributed by atoms with E-state index in [0.717, 1.165) is 6.07 Å². The van der Waals surface area contributed by atoms with Crippen LogP contribution < -0.4 is 4.72 Å². The maximum atomic E-state index is 12.0. The van der Waals surface area contributed by atoms with Gasteiger partial charge in [0.2, 0.25) is 0 Å². The minimum atomic E-state index is -3.91. The van der Waals surface area contributed by atoms with Gasteiger partial charge in [-0.15, -0.1) is 11.3 Å². The molecule has 0 aliphatic carbocycles. The number of halogens is 1. The fourth-order valence-electron chi connectivity index (χ4n) is 1.27. The standard InChI is InChI=1S/C8H7ClN4O4S2/c1-12-4-5(3-10-12)11-19(16,17)7-2-6(13(14)15)8(9)18-7/h2-4,11H,1H3. The molecule has 0 saturated heterocycles. The van der Waals surface area contributed by atoms with E-state index in [0.29, 0.717) is 11.3 Å². The van der Waals surface area contributed by atoms with Gasteiger partial charge in [-0.25, -0.2) is 8.42 Å². The summed E-state index contributed by atoms with van der Waals surface area (Å²) in [5, 5.41) is 14.4. The van der Waals surface area contributed by atoms with Crippen molar-refractivity contribution in [2.75, 3.05) is 4.72 Å². The highest BCUT2D eigenvalue weighted by Gasteiger charge is 2.25.